The number of carbonyl (C=O) groups excluding carboxylic acids is 3. The van der Waals surface area contributed by atoms with Gasteiger partial charge in [0.2, 0.25) is 11.8 Å². The number of aromatic nitrogens is 1. The van der Waals surface area contributed by atoms with Gasteiger partial charge in [0.05, 0.1) is 38.3 Å². The highest BCUT2D eigenvalue weighted by Gasteiger charge is 2.26. The number of fused-ring (bicyclic) bond motifs is 1. The molecule has 0 spiro atoms. The lowest BCUT2D eigenvalue weighted by Crippen LogP contribution is -3.13. The zero-order valence-electron chi connectivity index (χ0n) is 16.3. The lowest BCUT2D eigenvalue weighted by Gasteiger charge is -2.27. The van der Waals surface area contributed by atoms with Crippen LogP contribution in [0.1, 0.15) is 36.7 Å². The Morgan fingerprint density at radius 3 is 2.69 bits per heavy atom. The first-order valence-corrected chi connectivity index (χ1v) is 10.6. The third-order valence-corrected chi connectivity index (χ3v) is 5.80. The van der Waals surface area contributed by atoms with Crippen LogP contribution >= 0.6 is 15.9 Å². The molecule has 1 saturated heterocycles. The standard InChI is InChI=1S/C20H25BrN4O4/c1-2-29-20(28)18-17(14-11-13(21)3-4-15(14)23-18)24-16(26)7-10-25-8-5-12(6-9-25)19(22)27/h3-4,11-12,23H,2,5-10H2,1H3,(H2,22,27)(H,24,26)/p+1. The zero-order valence-corrected chi connectivity index (χ0v) is 17.9. The Morgan fingerprint density at radius 1 is 1.31 bits per heavy atom. The summed E-state index contributed by atoms with van der Waals surface area (Å²) in [5, 5.41) is 3.63. The van der Waals surface area contributed by atoms with Gasteiger partial charge in [-0.05, 0) is 25.1 Å². The lowest BCUT2D eigenvalue weighted by molar-refractivity contribution is -0.905. The van der Waals surface area contributed by atoms with Gasteiger partial charge in [-0.15, -0.1) is 0 Å². The van der Waals surface area contributed by atoms with Crippen molar-refractivity contribution in [3.8, 4) is 0 Å². The number of primary amides is 1. The largest absolute Gasteiger partial charge is 0.461 e. The summed E-state index contributed by atoms with van der Waals surface area (Å²) >= 11 is 3.43. The number of amides is 2. The fourth-order valence-corrected chi connectivity index (χ4v) is 4.06. The van der Waals surface area contributed by atoms with Crippen LogP contribution in [0, 0.1) is 5.92 Å². The van der Waals surface area contributed by atoms with E-state index in [1.54, 1.807) is 6.92 Å². The fraction of sp³-hybridized carbons (Fsp3) is 0.450. The predicted octanol–water partition coefficient (Wildman–Crippen LogP) is 1.22. The van der Waals surface area contributed by atoms with Crippen molar-refractivity contribution in [1.82, 2.24) is 4.98 Å². The number of halogens is 1. The number of quaternary nitrogens is 1. The van der Waals surface area contributed by atoms with Crippen LogP contribution < -0.4 is 16.0 Å². The number of nitrogens with two attached hydrogens (primary N) is 1. The number of benzene rings is 1. The van der Waals surface area contributed by atoms with Crippen molar-refractivity contribution in [1.29, 1.82) is 0 Å². The van der Waals surface area contributed by atoms with Gasteiger partial charge in [-0.2, -0.15) is 0 Å². The summed E-state index contributed by atoms with van der Waals surface area (Å²) in [4.78, 5) is 40.5. The van der Waals surface area contributed by atoms with Gasteiger partial charge < -0.3 is 25.7 Å². The number of hydrogen-bond donors (Lipinski definition) is 4. The number of aromatic amines is 1. The van der Waals surface area contributed by atoms with E-state index in [1.807, 2.05) is 18.2 Å². The molecule has 0 unspecified atom stereocenters. The molecule has 2 heterocycles. The Labute approximate surface area is 177 Å². The van der Waals surface area contributed by atoms with Crippen molar-refractivity contribution in [3.05, 3.63) is 28.4 Å². The quantitative estimate of drug-likeness (QED) is 0.459. The number of hydrogen-bond acceptors (Lipinski definition) is 4. The van der Waals surface area contributed by atoms with E-state index in [4.69, 9.17) is 10.5 Å². The Morgan fingerprint density at radius 2 is 2.03 bits per heavy atom. The molecule has 0 bridgehead atoms. The van der Waals surface area contributed by atoms with Gasteiger partial charge >= 0.3 is 5.97 Å². The number of esters is 1. The molecule has 1 aromatic heterocycles. The molecule has 0 aliphatic carbocycles. The zero-order chi connectivity index (χ0) is 21.0. The molecule has 2 amide bonds. The Kier molecular flexibility index (Phi) is 6.92. The third-order valence-electron chi connectivity index (χ3n) is 5.31. The third kappa shape index (κ3) is 5.16. The summed E-state index contributed by atoms with van der Waals surface area (Å²) < 4.78 is 5.96. The average molecular weight is 466 g/mol. The summed E-state index contributed by atoms with van der Waals surface area (Å²) in [7, 11) is 0. The van der Waals surface area contributed by atoms with E-state index in [2.05, 4.69) is 26.2 Å². The van der Waals surface area contributed by atoms with Gasteiger partial charge in [0, 0.05) is 34.1 Å². The minimum absolute atomic E-state index is 0.0515. The second kappa shape index (κ2) is 9.41. The number of likely N-dealkylation sites (tertiary alicyclic amines) is 1. The van der Waals surface area contributed by atoms with Crippen molar-refractivity contribution in [3.63, 3.8) is 0 Å². The molecule has 3 rings (SSSR count). The summed E-state index contributed by atoms with van der Waals surface area (Å²) in [5.74, 6) is -0.960. The van der Waals surface area contributed by atoms with Crippen LogP contribution in [0.25, 0.3) is 10.9 Å². The van der Waals surface area contributed by atoms with Crippen LogP contribution in [0.3, 0.4) is 0 Å². The monoisotopic (exact) mass is 465 g/mol. The van der Waals surface area contributed by atoms with Crippen molar-refractivity contribution < 1.29 is 24.0 Å². The van der Waals surface area contributed by atoms with E-state index in [0.29, 0.717) is 18.7 Å². The lowest BCUT2D eigenvalue weighted by atomic mass is 9.96. The summed E-state index contributed by atoms with van der Waals surface area (Å²) in [6.07, 6.45) is 1.84. The van der Waals surface area contributed by atoms with Gasteiger partial charge in [-0.1, -0.05) is 15.9 Å². The number of anilines is 1. The van der Waals surface area contributed by atoms with Crippen molar-refractivity contribution in [2.75, 3.05) is 31.6 Å². The average Bonchev–Trinajstić information content (AvgIpc) is 3.04. The highest BCUT2D eigenvalue weighted by atomic mass is 79.9. The molecule has 5 N–H and O–H groups in total. The maximum atomic E-state index is 12.6. The fourth-order valence-electron chi connectivity index (χ4n) is 3.70. The number of nitrogens with one attached hydrogen (secondary N) is 3. The van der Waals surface area contributed by atoms with Crippen LogP contribution in [-0.4, -0.2) is 49.0 Å². The minimum Gasteiger partial charge on any atom is -0.461 e. The summed E-state index contributed by atoms with van der Waals surface area (Å²) in [6.45, 7) is 4.30. The normalized spacial score (nSPS) is 19.1. The minimum atomic E-state index is -0.505. The van der Waals surface area contributed by atoms with E-state index in [-0.39, 0.29) is 30.0 Å². The number of H-pyrrole nitrogens is 1. The maximum absolute atomic E-state index is 12.6. The van der Waals surface area contributed by atoms with Crippen LogP contribution in [0.4, 0.5) is 5.69 Å². The van der Waals surface area contributed by atoms with Gasteiger partial charge in [0.25, 0.3) is 0 Å². The van der Waals surface area contributed by atoms with E-state index in [9.17, 15) is 14.4 Å². The molecule has 1 fully saturated rings. The molecule has 9 heteroatoms. The first-order valence-electron chi connectivity index (χ1n) is 9.80. The van der Waals surface area contributed by atoms with Gasteiger partial charge in [-0.25, -0.2) is 4.79 Å². The summed E-state index contributed by atoms with van der Waals surface area (Å²) in [6, 6.07) is 5.55. The highest BCUT2D eigenvalue weighted by molar-refractivity contribution is 9.10. The molecule has 1 aliphatic rings. The molecule has 1 aromatic carbocycles. The molecule has 2 aromatic rings. The Balaban J connectivity index is 1.68. The number of rotatable bonds is 7. The Bertz CT molecular complexity index is 919. The second-order valence-corrected chi connectivity index (χ2v) is 8.18. The molecule has 156 valence electrons. The van der Waals surface area contributed by atoms with E-state index < -0.39 is 5.97 Å². The molecule has 1 aliphatic heterocycles. The number of carbonyl (C=O) groups is 3. The molecular formula is C20H26BrN4O4+. The summed E-state index contributed by atoms with van der Waals surface area (Å²) in [5.41, 5.74) is 6.79. The van der Waals surface area contributed by atoms with Gasteiger partial charge in [0.1, 0.15) is 5.69 Å². The maximum Gasteiger partial charge on any atom is 0.356 e. The predicted molar refractivity (Wildman–Crippen MR) is 113 cm³/mol. The van der Waals surface area contributed by atoms with Gasteiger partial charge in [0.15, 0.2) is 0 Å². The molecular weight excluding hydrogens is 440 g/mol. The SMILES string of the molecule is CCOC(=O)c1[nH]c2ccc(Br)cc2c1NC(=O)CC[NH+]1CCC(C(N)=O)CC1. The first kappa shape index (κ1) is 21.3. The second-order valence-electron chi connectivity index (χ2n) is 7.26. The van der Waals surface area contributed by atoms with E-state index in [1.165, 1.54) is 4.90 Å². The van der Waals surface area contributed by atoms with Crippen LogP contribution in [0.15, 0.2) is 22.7 Å². The van der Waals surface area contributed by atoms with Gasteiger partial charge in [-0.3, -0.25) is 9.59 Å². The van der Waals surface area contributed by atoms with Crippen LogP contribution in [0.2, 0.25) is 0 Å². The number of ether oxygens (including phenoxy) is 1. The first-order chi connectivity index (χ1) is 13.9. The molecule has 0 atom stereocenters. The Hall–Kier alpha value is -2.39. The molecule has 8 nitrogen and oxygen atoms in total. The van der Waals surface area contributed by atoms with Crippen molar-refractivity contribution >= 4 is 50.3 Å². The highest BCUT2D eigenvalue weighted by Crippen LogP contribution is 2.31. The molecule has 0 saturated carbocycles. The topological polar surface area (TPSA) is 119 Å². The van der Waals surface area contributed by atoms with E-state index in [0.717, 1.165) is 41.3 Å². The molecule has 0 radical (unpaired) electrons. The van der Waals surface area contributed by atoms with Crippen molar-refractivity contribution in [2.24, 2.45) is 11.7 Å². The number of piperidine rings is 1. The van der Waals surface area contributed by atoms with E-state index >= 15 is 0 Å². The van der Waals surface area contributed by atoms with Crippen LogP contribution in [0.5, 0.6) is 0 Å². The smallest absolute Gasteiger partial charge is 0.356 e. The van der Waals surface area contributed by atoms with Crippen LogP contribution in [-0.2, 0) is 14.3 Å². The molecule has 29 heavy (non-hydrogen) atoms. The van der Waals surface area contributed by atoms with Crippen molar-refractivity contribution in [2.45, 2.75) is 26.2 Å².